The van der Waals surface area contributed by atoms with E-state index in [9.17, 15) is 0 Å². The number of phenolic OH excluding ortho intramolecular Hbond substituents is 1. The van der Waals surface area contributed by atoms with Crippen LogP contribution in [-0.2, 0) is 0 Å². The Morgan fingerprint density at radius 3 is 1.75 bits per heavy atom. The molecule has 2 heteroatoms. The highest BCUT2D eigenvalue weighted by Crippen LogP contribution is 2.02. The van der Waals surface area contributed by atoms with E-state index in [1.54, 1.807) is 24.3 Å². The summed E-state index contributed by atoms with van der Waals surface area (Å²) in [7, 11) is 0. The molecule has 1 aromatic carbocycles. The van der Waals surface area contributed by atoms with Crippen LogP contribution < -0.4 is 0 Å². The molecule has 0 atom stereocenters. The van der Waals surface area contributed by atoms with Gasteiger partial charge in [-0.25, -0.2) is 0 Å². The first kappa shape index (κ1) is 11.6. The summed E-state index contributed by atoms with van der Waals surface area (Å²) < 4.78 is 0. The normalized spacial score (nSPS) is 8.17. The van der Waals surface area contributed by atoms with Gasteiger partial charge in [0.1, 0.15) is 5.75 Å². The molecule has 0 aromatic heterocycles. The van der Waals surface area contributed by atoms with Crippen molar-refractivity contribution in [3.05, 3.63) is 30.3 Å². The molecule has 0 aliphatic heterocycles. The highest BCUT2D eigenvalue weighted by molar-refractivity contribution is 6.34. The Balaban J connectivity index is 0.000000217. The lowest BCUT2D eigenvalue weighted by Gasteiger charge is -1.82. The first-order valence-corrected chi connectivity index (χ1v) is 6.00. The van der Waals surface area contributed by atoms with E-state index in [1.807, 2.05) is 6.07 Å². The molecule has 0 amide bonds. The highest BCUT2D eigenvalue weighted by Gasteiger charge is 1.75. The van der Waals surface area contributed by atoms with Crippen LogP contribution in [0.2, 0.25) is 10.6 Å². The molecule has 0 aliphatic rings. The predicted octanol–water partition coefficient (Wildman–Crippen LogP) is 2.96. The summed E-state index contributed by atoms with van der Waals surface area (Å²) in [5.41, 5.74) is 0. The standard InChI is InChI=1S/C6H6O.2C2H5.Al/c7-6-4-2-1-3-5-6;2*1-2;/h1-5,7H;2*1H2,2H3;. The molecular weight excluding hydrogens is 163 g/mol. The number of hydrogen-bond donors (Lipinski definition) is 1. The van der Waals surface area contributed by atoms with Crippen molar-refractivity contribution in [2.75, 3.05) is 0 Å². The summed E-state index contributed by atoms with van der Waals surface area (Å²) in [4.78, 5) is 0. The minimum absolute atomic E-state index is 0.322. The van der Waals surface area contributed by atoms with E-state index < -0.39 is 0 Å². The summed E-state index contributed by atoms with van der Waals surface area (Å²) in [6, 6.07) is 8.71. The number of benzene rings is 1. The first-order chi connectivity index (χ1) is 5.81. The summed E-state index contributed by atoms with van der Waals surface area (Å²) >= 11 is 0.815. The van der Waals surface area contributed by atoms with Gasteiger partial charge < -0.3 is 5.11 Å². The smallest absolute Gasteiger partial charge is 0.198 e. The molecule has 1 N–H and O–H groups in total. The van der Waals surface area contributed by atoms with E-state index in [0.29, 0.717) is 5.75 Å². The van der Waals surface area contributed by atoms with Gasteiger partial charge in [-0.2, -0.15) is 0 Å². The minimum Gasteiger partial charge on any atom is -0.508 e. The second kappa shape index (κ2) is 8.65. The van der Waals surface area contributed by atoms with Crippen molar-refractivity contribution in [2.45, 2.75) is 24.4 Å². The molecule has 0 fully saturated rings. The van der Waals surface area contributed by atoms with Gasteiger partial charge in [-0.1, -0.05) is 32.0 Å². The van der Waals surface area contributed by atoms with Crippen LogP contribution >= 0.6 is 0 Å². The summed E-state index contributed by atoms with van der Waals surface area (Å²) in [5.74, 6) is 0.322. The minimum atomic E-state index is 0.322. The molecule has 0 bridgehead atoms. The monoisotopic (exact) mass is 179 g/mol. The highest BCUT2D eigenvalue weighted by atomic mass is 27.1. The zero-order valence-electron chi connectivity index (χ0n) is 7.83. The van der Waals surface area contributed by atoms with Gasteiger partial charge in [0.25, 0.3) is 0 Å². The van der Waals surface area contributed by atoms with Gasteiger partial charge in [0.15, 0.2) is 15.2 Å². The van der Waals surface area contributed by atoms with E-state index in [4.69, 9.17) is 5.11 Å². The molecule has 0 aliphatic carbocycles. The van der Waals surface area contributed by atoms with Gasteiger partial charge in [0, 0.05) is 0 Å². The zero-order chi connectivity index (χ0) is 9.23. The topological polar surface area (TPSA) is 20.2 Å². The van der Waals surface area contributed by atoms with Crippen LogP contribution in [0.5, 0.6) is 5.75 Å². The summed E-state index contributed by atoms with van der Waals surface area (Å²) in [6.45, 7) is 4.50. The number of rotatable bonds is 2. The van der Waals surface area contributed by atoms with Crippen LogP contribution in [0.25, 0.3) is 0 Å². The van der Waals surface area contributed by atoms with Crippen molar-refractivity contribution in [1.82, 2.24) is 0 Å². The Kier molecular flexibility index (Phi) is 8.32. The van der Waals surface area contributed by atoms with Gasteiger partial charge in [-0.05, 0) is 12.1 Å². The number of aromatic hydroxyl groups is 1. The van der Waals surface area contributed by atoms with Crippen LogP contribution in [0.15, 0.2) is 30.3 Å². The lowest BCUT2D eigenvalue weighted by molar-refractivity contribution is 0.475. The van der Waals surface area contributed by atoms with Gasteiger partial charge in [0.2, 0.25) is 0 Å². The third-order valence-corrected chi connectivity index (χ3v) is 2.49. The van der Waals surface area contributed by atoms with Crippen LogP contribution in [-0.4, -0.2) is 20.3 Å². The molecule has 1 aromatic rings. The molecule has 0 heterocycles. The van der Waals surface area contributed by atoms with E-state index in [2.05, 4.69) is 13.8 Å². The van der Waals surface area contributed by atoms with Crippen LogP contribution in [0.3, 0.4) is 0 Å². The fourth-order valence-corrected chi connectivity index (χ4v) is 1.29. The van der Waals surface area contributed by atoms with Crippen molar-refractivity contribution >= 4 is 15.2 Å². The van der Waals surface area contributed by atoms with Crippen LogP contribution in [0.1, 0.15) is 13.8 Å². The summed E-state index contributed by atoms with van der Waals surface area (Å²) in [6.07, 6.45) is 0. The number of para-hydroxylation sites is 1. The maximum Gasteiger partial charge on any atom is 0.198 e. The summed E-state index contributed by atoms with van der Waals surface area (Å²) in [5, 5.41) is 11.5. The Hall–Kier alpha value is -0.448. The maximum atomic E-state index is 8.63. The van der Waals surface area contributed by atoms with E-state index in [0.717, 1.165) is 15.2 Å². The van der Waals surface area contributed by atoms with Crippen molar-refractivity contribution in [3.63, 3.8) is 0 Å². The van der Waals surface area contributed by atoms with E-state index in [-0.39, 0.29) is 0 Å². The molecule has 1 nitrogen and oxygen atoms in total. The van der Waals surface area contributed by atoms with Crippen LogP contribution in [0.4, 0.5) is 0 Å². The lowest BCUT2D eigenvalue weighted by Crippen LogP contribution is -1.76. The predicted molar refractivity (Wildman–Crippen MR) is 54.8 cm³/mol. The fourth-order valence-electron chi connectivity index (χ4n) is 0.717. The largest absolute Gasteiger partial charge is 0.508 e. The molecule has 65 valence electrons. The van der Waals surface area contributed by atoms with Crippen molar-refractivity contribution < 1.29 is 5.11 Å². The zero-order valence-corrected chi connectivity index (χ0v) is 8.98. The fraction of sp³-hybridized carbons (Fsp3) is 0.400. The van der Waals surface area contributed by atoms with Gasteiger partial charge in [0.05, 0.1) is 0 Å². The Morgan fingerprint density at radius 1 is 1.08 bits per heavy atom. The van der Waals surface area contributed by atoms with Crippen molar-refractivity contribution in [1.29, 1.82) is 0 Å². The van der Waals surface area contributed by atoms with Crippen molar-refractivity contribution in [2.24, 2.45) is 0 Å². The lowest BCUT2D eigenvalue weighted by atomic mass is 10.3. The Morgan fingerprint density at radius 2 is 1.58 bits per heavy atom. The molecule has 1 rings (SSSR count). The molecule has 0 saturated carbocycles. The molecular formula is C10H16AlO. The Labute approximate surface area is 81.1 Å². The third kappa shape index (κ3) is 7.66. The van der Waals surface area contributed by atoms with Gasteiger partial charge >= 0.3 is 0 Å². The third-order valence-electron chi connectivity index (χ3n) is 1.33. The Bertz CT molecular complexity index is 172. The molecule has 0 saturated heterocycles. The quantitative estimate of drug-likeness (QED) is 0.692. The maximum absolute atomic E-state index is 8.63. The average molecular weight is 179 g/mol. The second-order valence-electron chi connectivity index (χ2n) is 2.44. The average Bonchev–Trinajstić information content (AvgIpc) is 2.08. The molecule has 0 spiro atoms. The van der Waals surface area contributed by atoms with E-state index in [1.165, 1.54) is 10.6 Å². The molecule has 0 unspecified atom stereocenters. The number of hydrogen-bond acceptors (Lipinski definition) is 1. The SMILES string of the molecule is C[CH2][Al][CH2]C.Oc1ccccc1. The van der Waals surface area contributed by atoms with Gasteiger partial charge in [-0.15, -0.1) is 10.6 Å². The second-order valence-corrected chi connectivity index (χ2v) is 4.65. The van der Waals surface area contributed by atoms with Crippen LogP contribution in [0, 0.1) is 0 Å². The van der Waals surface area contributed by atoms with E-state index >= 15 is 0 Å². The first-order valence-electron chi connectivity index (χ1n) is 4.37. The number of phenols is 1. The van der Waals surface area contributed by atoms with Gasteiger partial charge in [-0.3, -0.25) is 0 Å². The molecule has 12 heavy (non-hydrogen) atoms. The molecule has 1 radical (unpaired) electrons. The van der Waals surface area contributed by atoms with Crippen molar-refractivity contribution in [3.8, 4) is 5.75 Å².